The molecule has 1 fully saturated rings. The molecule has 0 aromatic heterocycles. The summed E-state index contributed by atoms with van der Waals surface area (Å²) < 4.78 is 58.9. The van der Waals surface area contributed by atoms with Crippen molar-refractivity contribution in [3.05, 3.63) is 12.2 Å². The number of hydrogen-bond donors (Lipinski definition) is 4. The molecular weight excluding hydrogens is 704 g/mol. The van der Waals surface area contributed by atoms with Gasteiger partial charge in [-0.1, -0.05) is 142 Å². The summed E-state index contributed by atoms with van der Waals surface area (Å²) in [6.07, 6.45) is 23.9. The summed E-state index contributed by atoms with van der Waals surface area (Å²) in [5, 5.41) is 30.6. The molecule has 314 valence electrons. The molecule has 0 aromatic carbocycles. The van der Waals surface area contributed by atoms with Gasteiger partial charge in [0.05, 0.1) is 19.8 Å². The Morgan fingerprint density at radius 2 is 1.19 bits per heavy atom. The van der Waals surface area contributed by atoms with E-state index in [4.69, 9.17) is 23.5 Å². The quantitative estimate of drug-likeness (QED) is 0.0209. The van der Waals surface area contributed by atoms with E-state index in [1.54, 1.807) is 0 Å². The molecule has 0 aliphatic carbocycles. The number of aliphatic hydroxyl groups excluding tert-OH is 3. The van der Waals surface area contributed by atoms with E-state index in [9.17, 15) is 28.5 Å². The van der Waals surface area contributed by atoms with Gasteiger partial charge in [-0.05, 0) is 38.5 Å². The number of aliphatic hydroxyl groups is 3. The fourth-order valence-electron chi connectivity index (χ4n) is 6.43. The van der Waals surface area contributed by atoms with Crippen LogP contribution in [0.1, 0.15) is 174 Å². The highest BCUT2D eigenvalue weighted by Gasteiger charge is 2.48. The lowest BCUT2D eigenvalue weighted by molar-refractivity contribution is -0.301. The van der Waals surface area contributed by atoms with Gasteiger partial charge in [-0.15, -0.1) is 0 Å². The second-order valence-corrected chi connectivity index (χ2v) is 15.6. The molecule has 0 spiro atoms. The summed E-state index contributed by atoms with van der Waals surface area (Å²) in [6.45, 7) is 3.96. The summed E-state index contributed by atoms with van der Waals surface area (Å²) in [6, 6.07) is 0. The largest absolute Gasteiger partial charge is 0.457 e. The van der Waals surface area contributed by atoms with Gasteiger partial charge >= 0.3 is 16.4 Å². The highest BCUT2D eigenvalue weighted by Crippen LogP contribution is 2.26. The highest BCUT2D eigenvalue weighted by atomic mass is 32.3. The fourth-order valence-corrected chi connectivity index (χ4v) is 6.94. The monoisotopic (exact) mass is 781 g/mol. The Bertz CT molecular complexity index is 994. The van der Waals surface area contributed by atoms with Gasteiger partial charge in [-0.25, -0.2) is 4.18 Å². The predicted molar refractivity (Wildman–Crippen MR) is 207 cm³/mol. The Balaban J connectivity index is 2.46. The van der Waals surface area contributed by atoms with Crippen molar-refractivity contribution in [2.45, 2.75) is 211 Å². The molecule has 53 heavy (non-hydrogen) atoms. The summed E-state index contributed by atoms with van der Waals surface area (Å²) >= 11 is 0. The van der Waals surface area contributed by atoms with E-state index in [1.165, 1.54) is 103 Å². The van der Waals surface area contributed by atoms with E-state index < -0.39 is 59.8 Å². The molecule has 1 heterocycles. The van der Waals surface area contributed by atoms with Crippen molar-refractivity contribution in [3.8, 4) is 0 Å². The third-order valence-electron chi connectivity index (χ3n) is 9.64. The normalized spacial score (nSPS) is 21.4. The number of esters is 1. The lowest BCUT2D eigenvalue weighted by atomic mass is 9.99. The maximum Gasteiger partial charge on any atom is 0.397 e. The molecule has 1 rings (SSSR count). The van der Waals surface area contributed by atoms with Crippen LogP contribution in [0.5, 0.6) is 0 Å². The number of ether oxygens (including phenoxy) is 4. The molecule has 1 aliphatic rings. The molecule has 0 aromatic rings. The molecule has 4 N–H and O–H groups in total. The SMILES string of the molecule is CCCCCCC/C=C\CCCCCCCCOCC(COC1OC(CO)C(O)C(OS(=O)(=O)O)C1O)OC(=O)CCCCCCCCCCCCC. The van der Waals surface area contributed by atoms with Gasteiger partial charge in [0.25, 0.3) is 0 Å². The first-order valence-electron chi connectivity index (χ1n) is 20.9. The predicted octanol–water partition coefficient (Wildman–Crippen LogP) is 7.91. The summed E-state index contributed by atoms with van der Waals surface area (Å²) in [5.41, 5.74) is 0. The van der Waals surface area contributed by atoms with Crippen LogP contribution >= 0.6 is 0 Å². The van der Waals surface area contributed by atoms with Crippen molar-refractivity contribution in [3.63, 3.8) is 0 Å². The maximum absolute atomic E-state index is 12.8. The van der Waals surface area contributed by atoms with Gasteiger partial charge in [0.2, 0.25) is 0 Å². The van der Waals surface area contributed by atoms with Gasteiger partial charge in [-0.3, -0.25) is 9.35 Å². The van der Waals surface area contributed by atoms with E-state index in [1.807, 2.05) is 0 Å². The van der Waals surface area contributed by atoms with Crippen LogP contribution in [-0.4, -0.2) is 97.5 Å². The van der Waals surface area contributed by atoms with Crippen LogP contribution in [0.2, 0.25) is 0 Å². The zero-order valence-corrected chi connectivity index (χ0v) is 33.9. The number of allylic oxidation sites excluding steroid dienone is 2. The molecule has 12 nitrogen and oxygen atoms in total. The Hall–Kier alpha value is -1.16. The first-order valence-corrected chi connectivity index (χ1v) is 22.3. The van der Waals surface area contributed by atoms with Crippen molar-refractivity contribution >= 4 is 16.4 Å². The molecular formula is C40H76O12S. The maximum atomic E-state index is 12.8. The van der Waals surface area contributed by atoms with Crippen LogP contribution in [0.15, 0.2) is 12.2 Å². The summed E-state index contributed by atoms with van der Waals surface area (Å²) in [7, 11) is -5.05. The number of carbonyl (C=O) groups excluding carboxylic acids is 1. The van der Waals surface area contributed by atoms with Gasteiger partial charge in [-0.2, -0.15) is 8.42 Å². The van der Waals surface area contributed by atoms with Crippen molar-refractivity contribution in [1.29, 1.82) is 0 Å². The van der Waals surface area contributed by atoms with E-state index in [2.05, 4.69) is 30.2 Å². The standard InChI is InChI=1S/C40H76O12S/c1-3-5-7-9-11-13-15-16-17-18-20-22-24-26-28-30-48-32-34(50-36(42)29-27-25-23-21-19-14-12-10-8-6-4-2)33-49-40-38(44)39(52-53(45,46)47)37(43)35(31-41)51-40/h15-16,34-35,37-41,43-44H,3-14,17-33H2,1-2H3,(H,45,46,47)/b16-15-. The average molecular weight is 781 g/mol. The first kappa shape index (κ1) is 49.9. The minimum atomic E-state index is -5.05. The Morgan fingerprint density at radius 3 is 1.70 bits per heavy atom. The lowest BCUT2D eigenvalue weighted by Crippen LogP contribution is -2.60. The van der Waals surface area contributed by atoms with Crippen molar-refractivity contribution in [1.82, 2.24) is 0 Å². The molecule has 1 saturated heterocycles. The van der Waals surface area contributed by atoms with Gasteiger partial charge in [0.15, 0.2) is 6.29 Å². The Kier molecular flexibility index (Phi) is 31.1. The van der Waals surface area contributed by atoms with E-state index in [-0.39, 0.29) is 19.6 Å². The van der Waals surface area contributed by atoms with Crippen LogP contribution in [0.3, 0.4) is 0 Å². The van der Waals surface area contributed by atoms with Gasteiger partial charge in [0.1, 0.15) is 30.5 Å². The molecule has 0 saturated carbocycles. The topological polar surface area (TPSA) is 178 Å². The van der Waals surface area contributed by atoms with Gasteiger partial charge in [0, 0.05) is 13.0 Å². The van der Waals surface area contributed by atoms with Crippen molar-refractivity contribution in [2.75, 3.05) is 26.4 Å². The fraction of sp³-hybridized carbons (Fsp3) is 0.925. The molecule has 0 amide bonds. The Morgan fingerprint density at radius 1 is 0.698 bits per heavy atom. The summed E-state index contributed by atoms with van der Waals surface area (Å²) in [4.78, 5) is 12.8. The third-order valence-corrected chi connectivity index (χ3v) is 10.1. The number of unbranched alkanes of at least 4 members (excludes halogenated alkanes) is 21. The zero-order chi connectivity index (χ0) is 39.0. The van der Waals surface area contributed by atoms with Crippen LogP contribution in [0, 0.1) is 0 Å². The molecule has 13 heteroatoms. The third kappa shape index (κ3) is 27.1. The van der Waals surface area contributed by atoms with E-state index in [0.717, 1.165) is 44.9 Å². The minimum absolute atomic E-state index is 0.0365. The smallest absolute Gasteiger partial charge is 0.397 e. The molecule has 0 bridgehead atoms. The lowest BCUT2D eigenvalue weighted by Gasteiger charge is -2.41. The van der Waals surface area contributed by atoms with Crippen LogP contribution in [-0.2, 0) is 38.3 Å². The first-order chi connectivity index (χ1) is 25.6. The second-order valence-electron chi connectivity index (χ2n) is 14.6. The zero-order valence-electron chi connectivity index (χ0n) is 33.1. The number of carbonyl (C=O) groups is 1. The van der Waals surface area contributed by atoms with Crippen molar-refractivity contribution in [2.24, 2.45) is 0 Å². The van der Waals surface area contributed by atoms with E-state index >= 15 is 0 Å². The summed E-state index contributed by atoms with van der Waals surface area (Å²) in [5.74, 6) is -0.402. The van der Waals surface area contributed by atoms with Crippen LogP contribution in [0.4, 0.5) is 0 Å². The molecule has 0 radical (unpaired) electrons. The Labute approximate surface area is 321 Å². The molecule has 6 atom stereocenters. The van der Waals surface area contributed by atoms with Crippen LogP contribution in [0.25, 0.3) is 0 Å². The van der Waals surface area contributed by atoms with E-state index in [0.29, 0.717) is 13.0 Å². The highest BCUT2D eigenvalue weighted by molar-refractivity contribution is 7.80. The van der Waals surface area contributed by atoms with Crippen molar-refractivity contribution < 1.29 is 56.2 Å². The van der Waals surface area contributed by atoms with Gasteiger partial charge < -0.3 is 34.3 Å². The molecule has 1 aliphatic heterocycles. The second kappa shape index (κ2) is 33.0. The number of hydrogen-bond acceptors (Lipinski definition) is 11. The number of rotatable bonds is 36. The van der Waals surface area contributed by atoms with Crippen LogP contribution < -0.4 is 0 Å². The average Bonchev–Trinajstić information content (AvgIpc) is 3.12. The molecule has 6 unspecified atom stereocenters. The minimum Gasteiger partial charge on any atom is -0.457 e.